The van der Waals surface area contributed by atoms with Crippen molar-refractivity contribution in [3.05, 3.63) is 29.8 Å². The van der Waals surface area contributed by atoms with E-state index in [0.29, 0.717) is 17.7 Å². The molecule has 0 bridgehead atoms. The molecule has 3 N–H and O–H groups in total. The van der Waals surface area contributed by atoms with Crippen molar-refractivity contribution in [1.82, 2.24) is 0 Å². The minimum Gasteiger partial charge on any atom is -0.325 e. The van der Waals surface area contributed by atoms with Gasteiger partial charge in [0.1, 0.15) is 0 Å². The Labute approximate surface area is 107 Å². The van der Waals surface area contributed by atoms with Crippen LogP contribution in [0.2, 0.25) is 0 Å². The van der Waals surface area contributed by atoms with E-state index >= 15 is 0 Å². The van der Waals surface area contributed by atoms with Gasteiger partial charge in [0, 0.05) is 11.3 Å². The average molecular weight is 257 g/mol. The van der Waals surface area contributed by atoms with Gasteiger partial charge in [0.05, 0.1) is 6.04 Å². The van der Waals surface area contributed by atoms with Gasteiger partial charge in [0.25, 0.3) is 0 Å². The van der Waals surface area contributed by atoms with Crippen molar-refractivity contribution in [2.45, 2.75) is 26.3 Å². The highest BCUT2D eigenvalue weighted by atomic mass is 35.5. The molecule has 1 atom stereocenters. The highest BCUT2D eigenvalue weighted by Gasteiger charge is 2.11. The van der Waals surface area contributed by atoms with E-state index in [4.69, 9.17) is 5.73 Å². The van der Waals surface area contributed by atoms with E-state index in [0.717, 1.165) is 0 Å². The van der Waals surface area contributed by atoms with Gasteiger partial charge >= 0.3 is 0 Å². The Morgan fingerprint density at radius 3 is 2.59 bits per heavy atom. The number of amides is 1. The van der Waals surface area contributed by atoms with Crippen molar-refractivity contribution < 1.29 is 9.59 Å². The number of ketones is 1. The zero-order valence-electron chi connectivity index (χ0n) is 9.90. The summed E-state index contributed by atoms with van der Waals surface area (Å²) in [6, 6.07) is 6.29. The standard InChI is InChI=1S/C12H16N2O2.ClH/c1-3-11(13)12(16)14-10-6-4-5-9(7-10)8(2)15;/h4-7,11H,3,13H2,1-2H3,(H,14,16);1H/t11-;/m0./s1. The van der Waals surface area contributed by atoms with Crippen LogP contribution in [0.25, 0.3) is 0 Å². The highest BCUT2D eigenvalue weighted by Crippen LogP contribution is 2.11. The predicted molar refractivity (Wildman–Crippen MR) is 70.6 cm³/mol. The number of benzene rings is 1. The van der Waals surface area contributed by atoms with Gasteiger partial charge in [0.15, 0.2) is 5.78 Å². The van der Waals surface area contributed by atoms with E-state index in [1.807, 2.05) is 6.92 Å². The molecular formula is C12H17ClN2O2. The van der Waals surface area contributed by atoms with Crippen molar-refractivity contribution in [3.63, 3.8) is 0 Å². The molecule has 1 rings (SSSR count). The minimum absolute atomic E-state index is 0. The van der Waals surface area contributed by atoms with Crippen molar-refractivity contribution in [3.8, 4) is 0 Å². The molecule has 1 aromatic carbocycles. The molecule has 0 saturated carbocycles. The van der Waals surface area contributed by atoms with Crippen LogP contribution in [0, 0.1) is 0 Å². The molecule has 1 aromatic rings. The van der Waals surface area contributed by atoms with Crippen LogP contribution < -0.4 is 11.1 Å². The lowest BCUT2D eigenvalue weighted by Crippen LogP contribution is -2.34. The molecule has 0 saturated heterocycles. The summed E-state index contributed by atoms with van der Waals surface area (Å²) < 4.78 is 0. The Balaban J connectivity index is 0.00000256. The number of nitrogens with one attached hydrogen (secondary N) is 1. The van der Waals surface area contributed by atoms with E-state index in [-0.39, 0.29) is 24.1 Å². The molecular weight excluding hydrogens is 240 g/mol. The van der Waals surface area contributed by atoms with Crippen LogP contribution in [0.1, 0.15) is 30.6 Å². The van der Waals surface area contributed by atoms with Crippen LogP contribution in [0.15, 0.2) is 24.3 Å². The Kier molecular flexibility index (Phi) is 6.46. The van der Waals surface area contributed by atoms with E-state index in [1.54, 1.807) is 24.3 Å². The second kappa shape index (κ2) is 7.04. The fraction of sp³-hybridized carbons (Fsp3) is 0.333. The quantitative estimate of drug-likeness (QED) is 0.810. The van der Waals surface area contributed by atoms with Crippen molar-refractivity contribution in [1.29, 1.82) is 0 Å². The molecule has 4 nitrogen and oxygen atoms in total. The lowest BCUT2D eigenvalue weighted by Gasteiger charge is -2.10. The molecule has 0 aliphatic rings. The van der Waals surface area contributed by atoms with Gasteiger partial charge in [0.2, 0.25) is 5.91 Å². The van der Waals surface area contributed by atoms with Gasteiger partial charge in [-0.3, -0.25) is 9.59 Å². The molecule has 5 heteroatoms. The maximum absolute atomic E-state index is 11.5. The van der Waals surface area contributed by atoms with Crippen molar-refractivity contribution in [2.24, 2.45) is 5.73 Å². The molecule has 0 fully saturated rings. The van der Waals surface area contributed by atoms with Crippen LogP contribution >= 0.6 is 12.4 Å². The Morgan fingerprint density at radius 2 is 2.06 bits per heavy atom. The van der Waals surface area contributed by atoms with E-state index in [9.17, 15) is 9.59 Å². The SMILES string of the molecule is CC[C@H](N)C(=O)Nc1cccc(C(C)=O)c1.Cl. The minimum atomic E-state index is -0.513. The zero-order valence-corrected chi connectivity index (χ0v) is 10.7. The summed E-state index contributed by atoms with van der Waals surface area (Å²) in [4.78, 5) is 22.6. The molecule has 0 radical (unpaired) electrons. The number of carbonyl (C=O) groups is 2. The first kappa shape index (κ1) is 15.6. The average Bonchev–Trinajstić information content (AvgIpc) is 2.28. The normalized spacial score (nSPS) is 11.2. The molecule has 0 spiro atoms. The summed E-state index contributed by atoms with van der Waals surface area (Å²) >= 11 is 0. The fourth-order valence-electron chi connectivity index (χ4n) is 1.24. The van der Waals surface area contributed by atoms with Gasteiger partial charge < -0.3 is 11.1 Å². The molecule has 17 heavy (non-hydrogen) atoms. The third kappa shape index (κ3) is 4.54. The third-order valence-corrected chi connectivity index (χ3v) is 2.31. The molecule has 1 amide bonds. The van der Waals surface area contributed by atoms with E-state index in [2.05, 4.69) is 5.32 Å². The topological polar surface area (TPSA) is 72.2 Å². The van der Waals surface area contributed by atoms with Gasteiger partial charge in [-0.2, -0.15) is 0 Å². The van der Waals surface area contributed by atoms with Crippen molar-refractivity contribution in [2.75, 3.05) is 5.32 Å². The number of halogens is 1. The molecule has 0 aromatic heterocycles. The zero-order chi connectivity index (χ0) is 12.1. The third-order valence-electron chi connectivity index (χ3n) is 2.31. The predicted octanol–water partition coefficient (Wildman–Crippen LogP) is 1.99. The Bertz CT molecular complexity index is 407. The van der Waals surface area contributed by atoms with Crippen LogP contribution in [0.4, 0.5) is 5.69 Å². The van der Waals surface area contributed by atoms with E-state index < -0.39 is 6.04 Å². The van der Waals surface area contributed by atoms with Crippen LogP contribution in [-0.2, 0) is 4.79 Å². The van der Waals surface area contributed by atoms with Crippen LogP contribution in [0.5, 0.6) is 0 Å². The number of Topliss-reactive ketones (excluding diaryl/α,β-unsaturated/α-hetero) is 1. The maximum Gasteiger partial charge on any atom is 0.241 e. The Morgan fingerprint density at radius 1 is 1.41 bits per heavy atom. The first-order valence-corrected chi connectivity index (χ1v) is 5.22. The van der Waals surface area contributed by atoms with Gasteiger partial charge in [-0.05, 0) is 25.5 Å². The molecule has 0 heterocycles. The van der Waals surface area contributed by atoms with Crippen LogP contribution in [-0.4, -0.2) is 17.7 Å². The number of nitrogens with two attached hydrogens (primary N) is 1. The summed E-state index contributed by atoms with van der Waals surface area (Å²) in [5.74, 6) is -0.265. The summed E-state index contributed by atoms with van der Waals surface area (Å²) in [5, 5.41) is 2.67. The maximum atomic E-state index is 11.5. The Hall–Kier alpha value is -1.39. The molecule has 0 aliphatic carbocycles. The van der Waals surface area contributed by atoms with Crippen LogP contribution in [0.3, 0.4) is 0 Å². The fourth-order valence-corrected chi connectivity index (χ4v) is 1.24. The van der Waals surface area contributed by atoms with Gasteiger partial charge in [-0.15, -0.1) is 12.4 Å². The summed E-state index contributed by atoms with van der Waals surface area (Å²) in [7, 11) is 0. The lowest BCUT2D eigenvalue weighted by atomic mass is 10.1. The molecule has 94 valence electrons. The van der Waals surface area contributed by atoms with Crippen molar-refractivity contribution >= 4 is 29.8 Å². The lowest BCUT2D eigenvalue weighted by molar-refractivity contribution is -0.117. The second-order valence-corrected chi connectivity index (χ2v) is 3.64. The number of hydrogen-bond donors (Lipinski definition) is 2. The number of hydrogen-bond acceptors (Lipinski definition) is 3. The smallest absolute Gasteiger partial charge is 0.241 e. The van der Waals surface area contributed by atoms with Gasteiger partial charge in [-0.25, -0.2) is 0 Å². The van der Waals surface area contributed by atoms with E-state index in [1.165, 1.54) is 6.92 Å². The summed E-state index contributed by atoms with van der Waals surface area (Å²) in [5.41, 5.74) is 6.75. The largest absolute Gasteiger partial charge is 0.325 e. The number of anilines is 1. The number of rotatable bonds is 4. The highest BCUT2D eigenvalue weighted by molar-refractivity contribution is 5.98. The monoisotopic (exact) mass is 256 g/mol. The summed E-state index contributed by atoms with van der Waals surface area (Å²) in [6.07, 6.45) is 0.582. The van der Waals surface area contributed by atoms with Gasteiger partial charge in [-0.1, -0.05) is 19.1 Å². The first-order chi connectivity index (χ1) is 7.54. The molecule has 0 aliphatic heterocycles. The summed E-state index contributed by atoms with van der Waals surface area (Å²) in [6.45, 7) is 3.33. The second-order valence-electron chi connectivity index (χ2n) is 3.64. The molecule has 0 unspecified atom stereocenters. The first-order valence-electron chi connectivity index (χ1n) is 5.22. The number of carbonyl (C=O) groups excluding carboxylic acids is 2.